The zero-order chi connectivity index (χ0) is 26.1. The number of rotatable bonds is 7. The molecule has 3 amide bonds. The van der Waals surface area contributed by atoms with Crippen molar-refractivity contribution in [2.75, 3.05) is 23.1 Å². The van der Waals surface area contributed by atoms with Crippen molar-refractivity contribution in [3.05, 3.63) is 77.0 Å². The van der Waals surface area contributed by atoms with E-state index in [2.05, 4.69) is 41.4 Å². The average molecular weight is 553 g/mol. The zero-order valence-electron chi connectivity index (χ0n) is 20.3. The van der Waals surface area contributed by atoms with Crippen molar-refractivity contribution in [2.24, 2.45) is 5.73 Å². The maximum Gasteiger partial charge on any atom is 0.323 e. The molecule has 36 heavy (non-hydrogen) atoms. The molecule has 10 heteroatoms. The third-order valence-electron chi connectivity index (χ3n) is 4.86. The number of nitrogens with two attached hydrogens (primary N) is 1. The van der Waals surface area contributed by atoms with Gasteiger partial charge in [0.25, 0.3) is 0 Å². The van der Waals surface area contributed by atoms with E-state index in [4.69, 9.17) is 10.5 Å². The number of benzene rings is 2. The first-order valence-electron chi connectivity index (χ1n) is 11.2. The van der Waals surface area contributed by atoms with Crippen LogP contribution in [-0.2, 0) is 11.3 Å². The van der Waals surface area contributed by atoms with Crippen molar-refractivity contribution >= 4 is 56.5 Å². The molecule has 188 valence electrons. The Kier molecular flexibility index (Phi) is 9.43. The van der Waals surface area contributed by atoms with Crippen LogP contribution in [0.3, 0.4) is 0 Å². The summed E-state index contributed by atoms with van der Waals surface area (Å²) in [5.41, 5.74) is 8.30. The molecule has 4 aromatic rings. The second-order valence-electron chi connectivity index (χ2n) is 8.16. The van der Waals surface area contributed by atoms with Gasteiger partial charge in [-0.3, -0.25) is 4.79 Å². The molecule has 2 heterocycles. The minimum absolute atomic E-state index is 0.333. The number of pyridine rings is 1. The number of methoxy groups -OCH3 is 1. The number of hydrogen-bond donors (Lipinski definition) is 4. The van der Waals surface area contributed by atoms with Crippen LogP contribution in [0.15, 0.2) is 71.5 Å². The summed E-state index contributed by atoms with van der Waals surface area (Å²) in [7, 11) is 1.55. The van der Waals surface area contributed by atoms with E-state index >= 15 is 0 Å². The fourth-order valence-electron chi connectivity index (χ4n) is 3.43. The Hall–Kier alpha value is -3.89. The summed E-state index contributed by atoms with van der Waals surface area (Å²) in [4.78, 5) is 27.4. The first-order chi connectivity index (χ1) is 17.3. The van der Waals surface area contributed by atoms with Gasteiger partial charge < -0.3 is 31.0 Å². The van der Waals surface area contributed by atoms with Crippen LogP contribution in [0, 0.1) is 0 Å². The predicted molar refractivity (Wildman–Crippen MR) is 148 cm³/mol. The molecule has 0 aliphatic carbocycles. The van der Waals surface area contributed by atoms with E-state index in [0.717, 1.165) is 20.9 Å². The number of anilines is 3. The van der Waals surface area contributed by atoms with E-state index in [1.165, 1.54) is 0 Å². The van der Waals surface area contributed by atoms with Gasteiger partial charge in [0.1, 0.15) is 11.6 Å². The van der Waals surface area contributed by atoms with Crippen LogP contribution in [0.1, 0.15) is 19.4 Å². The minimum atomic E-state index is -0.375. The van der Waals surface area contributed by atoms with Crippen LogP contribution < -0.4 is 26.4 Å². The van der Waals surface area contributed by atoms with Gasteiger partial charge in [0.2, 0.25) is 6.41 Å². The van der Waals surface area contributed by atoms with Crippen molar-refractivity contribution < 1.29 is 14.3 Å². The summed E-state index contributed by atoms with van der Waals surface area (Å²) in [5, 5.41) is 9.21. The van der Waals surface area contributed by atoms with Crippen LogP contribution in [0.4, 0.5) is 22.0 Å². The fraction of sp³-hybridized carbons (Fsp3) is 0.192. The lowest BCUT2D eigenvalue weighted by Gasteiger charge is -2.12. The second kappa shape index (κ2) is 12.7. The number of carbonyl (C=O) groups is 2. The topological polar surface area (TPSA) is 123 Å². The Morgan fingerprint density at radius 1 is 1.14 bits per heavy atom. The molecule has 5 N–H and O–H groups in total. The Morgan fingerprint density at radius 2 is 1.89 bits per heavy atom. The van der Waals surface area contributed by atoms with Crippen molar-refractivity contribution in [1.29, 1.82) is 0 Å². The Balaban J connectivity index is 0.000000840. The van der Waals surface area contributed by atoms with E-state index in [1.807, 2.05) is 62.5 Å². The van der Waals surface area contributed by atoms with Crippen LogP contribution >= 0.6 is 15.9 Å². The van der Waals surface area contributed by atoms with Crippen LogP contribution in [-0.4, -0.2) is 35.1 Å². The molecule has 0 saturated heterocycles. The number of ether oxygens (including phenoxy) is 1. The molecule has 0 saturated carbocycles. The number of nitrogens with one attached hydrogen (secondary N) is 3. The van der Waals surface area contributed by atoms with E-state index in [9.17, 15) is 9.59 Å². The summed E-state index contributed by atoms with van der Waals surface area (Å²) in [5.74, 6) is 1.06. The molecule has 0 aliphatic rings. The molecular weight excluding hydrogens is 524 g/mol. The average Bonchev–Trinajstić information content (AvgIpc) is 3.23. The SMILES string of the molecule is CC(C)N.COc1ccc(Br)cc1NC(=O)Nc1cccc2c1ccn2Cc1ccnc(NC=O)c1. The highest BCUT2D eigenvalue weighted by Crippen LogP contribution is 2.29. The third kappa shape index (κ3) is 7.30. The molecule has 0 spiro atoms. The highest BCUT2D eigenvalue weighted by Gasteiger charge is 2.12. The van der Waals surface area contributed by atoms with Gasteiger partial charge in [-0.15, -0.1) is 0 Å². The van der Waals surface area contributed by atoms with Crippen LogP contribution in [0.5, 0.6) is 5.75 Å². The van der Waals surface area contributed by atoms with Crippen molar-refractivity contribution in [2.45, 2.75) is 26.4 Å². The molecule has 2 aromatic heterocycles. The summed E-state index contributed by atoms with van der Waals surface area (Å²) in [6, 6.07) is 16.7. The molecular formula is C26H29BrN6O3. The highest BCUT2D eigenvalue weighted by molar-refractivity contribution is 9.10. The third-order valence-corrected chi connectivity index (χ3v) is 5.35. The van der Waals surface area contributed by atoms with E-state index in [1.54, 1.807) is 25.4 Å². The van der Waals surface area contributed by atoms with E-state index in [0.29, 0.717) is 41.9 Å². The van der Waals surface area contributed by atoms with Crippen LogP contribution in [0.2, 0.25) is 0 Å². The second-order valence-corrected chi connectivity index (χ2v) is 9.08. The van der Waals surface area contributed by atoms with Crippen molar-refractivity contribution in [1.82, 2.24) is 9.55 Å². The van der Waals surface area contributed by atoms with Gasteiger partial charge in [0.15, 0.2) is 0 Å². The molecule has 0 radical (unpaired) electrons. The standard InChI is InChI=1S/C23H20BrN5O3.C3H9N/c1-32-21-6-5-16(24)12-19(21)28-23(31)27-18-3-2-4-20-17(18)8-10-29(20)13-15-7-9-25-22(11-15)26-14-30;1-3(2)4/h2-12,14H,13H2,1H3,(H,25,26,30)(H2,27,28,31);3H,4H2,1-2H3. The quantitative estimate of drug-likeness (QED) is 0.228. The summed E-state index contributed by atoms with van der Waals surface area (Å²) >= 11 is 3.40. The summed E-state index contributed by atoms with van der Waals surface area (Å²) in [6.45, 7) is 4.48. The monoisotopic (exact) mass is 552 g/mol. The number of carbonyl (C=O) groups excluding carboxylic acids is 2. The number of halogens is 1. The number of hydrogen-bond acceptors (Lipinski definition) is 5. The summed E-state index contributed by atoms with van der Waals surface area (Å²) in [6.07, 6.45) is 4.21. The molecule has 0 unspecified atom stereocenters. The van der Waals surface area contributed by atoms with Gasteiger partial charge in [0, 0.05) is 28.8 Å². The van der Waals surface area contributed by atoms with Gasteiger partial charge in [-0.25, -0.2) is 9.78 Å². The lowest BCUT2D eigenvalue weighted by molar-refractivity contribution is -0.105. The van der Waals surface area contributed by atoms with E-state index < -0.39 is 0 Å². The van der Waals surface area contributed by atoms with Crippen molar-refractivity contribution in [3.8, 4) is 5.75 Å². The van der Waals surface area contributed by atoms with Gasteiger partial charge in [-0.1, -0.05) is 35.8 Å². The molecule has 2 aromatic carbocycles. The first kappa shape index (κ1) is 26.7. The predicted octanol–water partition coefficient (Wildman–Crippen LogP) is 5.42. The molecule has 9 nitrogen and oxygen atoms in total. The normalized spacial score (nSPS) is 10.4. The molecule has 0 aliphatic heterocycles. The number of nitrogens with zero attached hydrogens (tertiary/aromatic N) is 2. The maximum atomic E-state index is 12.7. The Bertz CT molecular complexity index is 1340. The number of urea groups is 1. The van der Waals surface area contributed by atoms with Gasteiger partial charge >= 0.3 is 6.03 Å². The zero-order valence-corrected chi connectivity index (χ0v) is 21.9. The lowest BCUT2D eigenvalue weighted by Crippen LogP contribution is -2.20. The van der Waals surface area contributed by atoms with E-state index in [-0.39, 0.29) is 6.03 Å². The fourth-order valence-corrected chi connectivity index (χ4v) is 3.79. The maximum absolute atomic E-state index is 12.7. The molecule has 0 bridgehead atoms. The lowest BCUT2D eigenvalue weighted by atomic mass is 10.2. The molecule has 0 atom stereocenters. The van der Waals surface area contributed by atoms with Gasteiger partial charge in [-0.2, -0.15) is 0 Å². The number of fused-ring (bicyclic) bond motifs is 1. The Labute approximate surface area is 218 Å². The van der Waals surface area contributed by atoms with Gasteiger partial charge in [-0.05, 0) is 60.1 Å². The molecule has 0 fully saturated rings. The van der Waals surface area contributed by atoms with Crippen molar-refractivity contribution in [3.63, 3.8) is 0 Å². The minimum Gasteiger partial charge on any atom is -0.495 e. The molecule has 4 rings (SSSR count). The summed E-state index contributed by atoms with van der Waals surface area (Å²) < 4.78 is 8.20. The smallest absolute Gasteiger partial charge is 0.323 e. The number of amides is 3. The van der Waals surface area contributed by atoms with Gasteiger partial charge in [0.05, 0.1) is 24.0 Å². The van der Waals surface area contributed by atoms with Crippen LogP contribution in [0.25, 0.3) is 10.9 Å². The largest absolute Gasteiger partial charge is 0.495 e. The first-order valence-corrected chi connectivity index (χ1v) is 12.0. The Morgan fingerprint density at radius 3 is 2.61 bits per heavy atom. The number of aromatic nitrogens is 2. The highest BCUT2D eigenvalue weighted by atomic mass is 79.9.